The third-order valence-corrected chi connectivity index (χ3v) is 2.83. The van der Waals surface area contributed by atoms with Gasteiger partial charge in [0, 0.05) is 0 Å². The Hall–Kier alpha value is -1.26. The summed E-state index contributed by atoms with van der Waals surface area (Å²) in [6.07, 6.45) is 0.413. The lowest BCUT2D eigenvalue weighted by molar-refractivity contribution is -0.119. The fourth-order valence-corrected chi connectivity index (χ4v) is 1.87. The molecule has 1 amide bonds. The topological polar surface area (TPSA) is 75.3 Å². The van der Waals surface area contributed by atoms with Gasteiger partial charge in [-0.25, -0.2) is 4.84 Å². The van der Waals surface area contributed by atoms with Gasteiger partial charge in [0.2, 0.25) is 5.91 Å². The molecule has 0 aliphatic rings. The van der Waals surface area contributed by atoms with E-state index in [1.807, 2.05) is 13.8 Å². The summed E-state index contributed by atoms with van der Waals surface area (Å²) in [5, 5.41) is 9.39. The van der Waals surface area contributed by atoms with Crippen LogP contribution in [0.4, 0.5) is 0 Å². The Balaban J connectivity index is 3.01. The highest BCUT2D eigenvalue weighted by molar-refractivity contribution is 6.15. The molecular formula is C11H15ClN2O2. The lowest BCUT2D eigenvalue weighted by Crippen LogP contribution is -2.38. The fourth-order valence-electron chi connectivity index (χ4n) is 1.69. The predicted molar refractivity (Wildman–Crippen MR) is 63.3 cm³/mol. The first-order valence-electron chi connectivity index (χ1n) is 4.90. The molecule has 0 unspecified atom stereocenters. The first kappa shape index (κ1) is 12.8. The Morgan fingerprint density at radius 3 is 2.38 bits per heavy atom. The van der Waals surface area contributed by atoms with Gasteiger partial charge in [0.15, 0.2) is 0 Å². The first-order valence-corrected chi connectivity index (χ1v) is 5.28. The molecule has 0 saturated heterocycles. The molecule has 0 aliphatic heterocycles. The van der Waals surface area contributed by atoms with Crippen molar-refractivity contribution < 1.29 is 9.90 Å². The van der Waals surface area contributed by atoms with Gasteiger partial charge >= 0.3 is 0 Å². The predicted octanol–water partition coefficient (Wildman–Crippen LogP) is 1.15. The van der Waals surface area contributed by atoms with Crippen LogP contribution in [0, 0.1) is 13.8 Å². The Morgan fingerprint density at radius 2 is 2.00 bits per heavy atom. The zero-order valence-electron chi connectivity index (χ0n) is 9.25. The molecule has 0 radical (unpaired) electrons. The zero-order valence-corrected chi connectivity index (χ0v) is 10.0. The summed E-state index contributed by atoms with van der Waals surface area (Å²) in [4.78, 5) is 13.4. The highest BCUT2D eigenvalue weighted by atomic mass is 35.5. The van der Waals surface area contributed by atoms with E-state index in [0.717, 1.165) is 16.7 Å². The molecule has 0 heterocycles. The monoisotopic (exact) mass is 242 g/mol. The van der Waals surface area contributed by atoms with Crippen LogP contribution in [-0.2, 0) is 11.2 Å². The van der Waals surface area contributed by atoms with Crippen LogP contribution in [-0.4, -0.2) is 17.1 Å². The van der Waals surface area contributed by atoms with Crippen LogP contribution < -0.4 is 10.6 Å². The second kappa shape index (κ2) is 5.18. The average molecular weight is 243 g/mol. The van der Waals surface area contributed by atoms with Crippen molar-refractivity contribution in [1.82, 2.24) is 4.84 Å². The lowest BCUT2D eigenvalue weighted by atomic mass is 9.96. The Bertz CT molecular complexity index is 384. The van der Waals surface area contributed by atoms with Gasteiger partial charge in [0.05, 0.1) is 0 Å². The number of hydrogen-bond acceptors (Lipinski definition) is 3. The number of aryl methyl sites for hydroxylation is 2. The maximum absolute atomic E-state index is 11.1. The second-order valence-electron chi connectivity index (χ2n) is 3.83. The van der Waals surface area contributed by atoms with Crippen LogP contribution in [0.25, 0.3) is 0 Å². The number of nitrogens with one attached hydrogen (secondary N) is 1. The summed E-state index contributed by atoms with van der Waals surface area (Å²) < 4.78 is 0. The number of nitrogens with two attached hydrogens (primary N) is 1. The minimum absolute atomic E-state index is 0.216. The van der Waals surface area contributed by atoms with Crippen LogP contribution >= 0.6 is 11.8 Å². The van der Waals surface area contributed by atoms with Crippen LogP contribution in [0.1, 0.15) is 16.7 Å². The molecule has 0 spiro atoms. The molecule has 0 aromatic heterocycles. The van der Waals surface area contributed by atoms with Crippen LogP contribution in [0.2, 0.25) is 0 Å². The summed E-state index contributed by atoms with van der Waals surface area (Å²) in [6, 6.07) is 2.69. The summed E-state index contributed by atoms with van der Waals surface area (Å²) in [6.45, 7) is 3.74. The van der Waals surface area contributed by atoms with Crippen molar-refractivity contribution >= 4 is 17.7 Å². The maximum Gasteiger partial charge on any atom is 0.236 e. The van der Waals surface area contributed by atoms with Crippen molar-refractivity contribution in [1.29, 1.82) is 0 Å². The molecule has 0 saturated carbocycles. The number of benzene rings is 1. The summed E-state index contributed by atoms with van der Waals surface area (Å²) in [5.41, 5.74) is 7.98. The van der Waals surface area contributed by atoms with Crippen molar-refractivity contribution in [3.05, 3.63) is 28.8 Å². The standard InChI is InChI=1S/C11H15ClN2O2/c1-6-3-8(15)4-7(2)9(6)5-10(14-12)11(13)16/h3-4,10,14-15H,5H2,1-2H3,(H2,13,16)/t10-/m0/s1. The fraction of sp³-hybridized carbons (Fsp3) is 0.364. The molecule has 4 nitrogen and oxygen atoms in total. The van der Waals surface area contributed by atoms with Gasteiger partial charge in [-0.05, 0) is 60.9 Å². The number of aromatic hydroxyl groups is 1. The Kier molecular flexibility index (Phi) is 4.15. The number of phenolic OH excluding ortho intramolecular Hbond substituents is 1. The van der Waals surface area contributed by atoms with Crippen molar-refractivity contribution in [3.8, 4) is 5.75 Å². The molecule has 0 aliphatic carbocycles. The number of rotatable bonds is 4. The van der Waals surface area contributed by atoms with Gasteiger partial charge in [-0.15, -0.1) is 0 Å². The van der Waals surface area contributed by atoms with Gasteiger partial charge in [0.1, 0.15) is 11.8 Å². The van der Waals surface area contributed by atoms with E-state index < -0.39 is 11.9 Å². The van der Waals surface area contributed by atoms with Crippen molar-refractivity contribution in [2.75, 3.05) is 0 Å². The highest BCUT2D eigenvalue weighted by Gasteiger charge is 2.17. The van der Waals surface area contributed by atoms with E-state index in [2.05, 4.69) is 4.84 Å². The molecule has 1 rings (SSSR count). The Labute approximate surface area is 99.5 Å². The number of carbonyl (C=O) groups excluding carboxylic acids is 1. The van der Waals surface area contributed by atoms with Crippen molar-refractivity contribution in [2.24, 2.45) is 5.73 Å². The molecule has 0 bridgehead atoms. The van der Waals surface area contributed by atoms with Gasteiger partial charge in [-0.3, -0.25) is 4.79 Å². The van der Waals surface area contributed by atoms with Gasteiger partial charge < -0.3 is 10.8 Å². The minimum atomic E-state index is -0.608. The highest BCUT2D eigenvalue weighted by Crippen LogP contribution is 2.22. The van der Waals surface area contributed by atoms with Crippen LogP contribution in [0.3, 0.4) is 0 Å². The molecule has 16 heavy (non-hydrogen) atoms. The van der Waals surface area contributed by atoms with E-state index in [9.17, 15) is 9.90 Å². The number of phenols is 1. The largest absolute Gasteiger partial charge is 0.508 e. The number of halogens is 1. The van der Waals surface area contributed by atoms with E-state index >= 15 is 0 Å². The number of amides is 1. The molecule has 1 atom stereocenters. The van der Waals surface area contributed by atoms with Crippen molar-refractivity contribution in [2.45, 2.75) is 26.3 Å². The zero-order chi connectivity index (χ0) is 12.3. The molecule has 0 fully saturated rings. The minimum Gasteiger partial charge on any atom is -0.508 e. The van der Waals surface area contributed by atoms with Crippen LogP contribution in [0.15, 0.2) is 12.1 Å². The number of hydrogen-bond donors (Lipinski definition) is 3. The van der Waals surface area contributed by atoms with E-state index in [0.29, 0.717) is 6.42 Å². The van der Waals surface area contributed by atoms with E-state index in [1.54, 1.807) is 12.1 Å². The molecule has 5 heteroatoms. The number of carbonyl (C=O) groups is 1. The SMILES string of the molecule is Cc1cc(O)cc(C)c1C[C@H](NCl)C(N)=O. The Morgan fingerprint density at radius 1 is 1.50 bits per heavy atom. The quantitative estimate of drug-likeness (QED) is 0.694. The van der Waals surface area contributed by atoms with E-state index in [4.69, 9.17) is 17.5 Å². The summed E-state index contributed by atoms with van der Waals surface area (Å²) in [5.74, 6) is -0.282. The first-order chi connectivity index (χ1) is 7.45. The molecule has 1 aromatic carbocycles. The summed E-state index contributed by atoms with van der Waals surface area (Å²) >= 11 is 5.45. The molecule has 88 valence electrons. The summed E-state index contributed by atoms with van der Waals surface area (Å²) in [7, 11) is 0. The smallest absolute Gasteiger partial charge is 0.236 e. The van der Waals surface area contributed by atoms with E-state index in [-0.39, 0.29) is 5.75 Å². The van der Waals surface area contributed by atoms with Gasteiger partial charge in [-0.2, -0.15) is 0 Å². The van der Waals surface area contributed by atoms with Gasteiger partial charge in [-0.1, -0.05) is 0 Å². The van der Waals surface area contributed by atoms with Crippen molar-refractivity contribution in [3.63, 3.8) is 0 Å². The third-order valence-electron chi connectivity index (χ3n) is 2.56. The average Bonchev–Trinajstić information content (AvgIpc) is 2.15. The van der Waals surface area contributed by atoms with Crippen LogP contribution in [0.5, 0.6) is 5.75 Å². The lowest BCUT2D eigenvalue weighted by Gasteiger charge is -2.15. The molecule has 1 aromatic rings. The third kappa shape index (κ3) is 2.87. The van der Waals surface area contributed by atoms with Gasteiger partial charge in [0.25, 0.3) is 0 Å². The normalized spacial score (nSPS) is 12.4. The maximum atomic E-state index is 11.1. The molecule has 4 N–H and O–H groups in total. The molecular weight excluding hydrogens is 228 g/mol. The second-order valence-corrected chi connectivity index (χ2v) is 4.04. The number of primary amides is 1. The van der Waals surface area contributed by atoms with E-state index in [1.165, 1.54) is 0 Å².